The Morgan fingerprint density at radius 3 is 3.04 bits per heavy atom. The number of hydrogen-bond acceptors (Lipinski definition) is 3. The van der Waals surface area contributed by atoms with Crippen molar-refractivity contribution in [3.05, 3.63) is 35.0 Å². The van der Waals surface area contributed by atoms with E-state index in [1.54, 1.807) is 12.0 Å². The molecule has 1 fully saturated rings. The number of benzene rings is 1. The van der Waals surface area contributed by atoms with Gasteiger partial charge < -0.3 is 19.9 Å². The van der Waals surface area contributed by atoms with Crippen molar-refractivity contribution in [3.8, 4) is 0 Å². The number of methoxy groups -OCH3 is 1. The number of nitrogens with zero attached hydrogens (tertiary/aromatic N) is 1. The highest BCUT2D eigenvalue weighted by molar-refractivity contribution is 6.31. The van der Waals surface area contributed by atoms with Crippen LogP contribution < -0.4 is 5.32 Å². The number of nitrogens with one attached hydrogen (secondary N) is 2. The first kappa shape index (κ1) is 19.7. The highest BCUT2D eigenvalue weighted by atomic mass is 35.5. The van der Waals surface area contributed by atoms with Crippen molar-refractivity contribution in [2.24, 2.45) is 5.92 Å². The molecule has 1 aliphatic heterocycles. The van der Waals surface area contributed by atoms with Gasteiger partial charge in [-0.05, 0) is 43.5 Å². The number of fused-ring (bicyclic) bond motifs is 1. The molecular formula is C20H26ClN3O3. The zero-order valence-corrected chi connectivity index (χ0v) is 16.5. The number of aromatic amines is 1. The molecule has 2 heterocycles. The van der Waals surface area contributed by atoms with Crippen LogP contribution in [0.4, 0.5) is 0 Å². The van der Waals surface area contributed by atoms with Gasteiger partial charge in [0.05, 0.1) is 12.5 Å². The minimum atomic E-state index is -0.183. The van der Waals surface area contributed by atoms with Crippen LogP contribution in [0.15, 0.2) is 24.4 Å². The summed E-state index contributed by atoms with van der Waals surface area (Å²) in [7, 11) is 1.61. The van der Waals surface area contributed by atoms with Gasteiger partial charge in [0.1, 0.15) is 0 Å². The van der Waals surface area contributed by atoms with E-state index in [1.807, 2.05) is 31.3 Å². The molecule has 2 aromatic rings. The van der Waals surface area contributed by atoms with Crippen molar-refractivity contribution in [1.29, 1.82) is 0 Å². The van der Waals surface area contributed by atoms with Gasteiger partial charge in [0.15, 0.2) is 0 Å². The number of piperidine rings is 1. The fourth-order valence-electron chi connectivity index (χ4n) is 3.79. The van der Waals surface area contributed by atoms with E-state index in [-0.39, 0.29) is 23.8 Å². The van der Waals surface area contributed by atoms with E-state index in [1.165, 1.54) is 0 Å². The molecule has 1 aliphatic rings. The van der Waals surface area contributed by atoms with Crippen molar-refractivity contribution < 1.29 is 14.3 Å². The van der Waals surface area contributed by atoms with Crippen molar-refractivity contribution in [3.63, 3.8) is 0 Å². The Hall–Kier alpha value is -2.05. The maximum absolute atomic E-state index is 12.7. The maximum Gasteiger partial charge on any atom is 0.225 e. The van der Waals surface area contributed by atoms with Crippen LogP contribution in [-0.4, -0.2) is 54.5 Å². The van der Waals surface area contributed by atoms with Crippen LogP contribution in [0.1, 0.15) is 25.3 Å². The number of aromatic nitrogens is 1. The SMILES string of the molecule is COCCN1C(=O)CCC(C(=O)NCCc2c[nH]c3ccc(Cl)cc23)C1C. The predicted molar refractivity (Wildman–Crippen MR) is 106 cm³/mol. The number of halogens is 1. The highest BCUT2D eigenvalue weighted by Crippen LogP contribution is 2.25. The molecule has 2 amide bonds. The van der Waals surface area contributed by atoms with Crippen LogP contribution in [-0.2, 0) is 20.7 Å². The van der Waals surface area contributed by atoms with Gasteiger partial charge in [0.2, 0.25) is 11.8 Å². The van der Waals surface area contributed by atoms with Crippen LogP contribution in [0, 0.1) is 5.92 Å². The Bertz CT molecular complexity index is 820. The normalized spacial score (nSPS) is 20.3. The number of H-pyrrole nitrogens is 1. The third-order valence-electron chi connectivity index (χ3n) is 5.36. The average Bonchev–Trinajstić information content (AvgIpc) is 3.04. The highest BCUT2D eigenvalue weighted by Gasteiger charge is 2.36. The summed E-state index contributed by atoms with van der Waals surface area (Å²) in [4.78, 5) is 29.8. The van der Waals surface area contributed by atoms with Gasteiger partial charge in [0, 0.05) is 54.8 Å². The first-order valence-electron chi connectivity index (χ1n) is 9.33. The van der Waals surface area contributed by atoms with Gasteiger partial charge in [-0.1, -0.05) is 11.6 Å². The Morgan fingerprint density at radius 1 is 1.44 bits per heavy atom. The van der Waals surface area contributed by atoms with Gasteiger partial charge >= 0.3 is 0 Å². The molecule has 7 heteroatoms. The first-order valence-corrected chi connectivity index (χ1v) is 9.70. The smallest absolute Gasteiger partial charge is 0.225 e. The summed E-state index contributed by atoms with van der Waals surface area (Å²) in [6.07, 6.45) is 3.69. The molecule has 0 radical (unpaired) electrons. The van der Waals surface area contributed by atoms with Crippen LogP contribution in [0.3, 0.4) is 0 Å². The summed E-state index contributed by atoms with van der Waals surface area (Å²) in [5.41, 5.74) is 2.16. The Balaban J connectivity index is 1.56. The molecule has 2 N–H and O–H groups in total. The average molecular weight is 392 g/mol. The van der Waals surface area contributed by atoms with E-state index < -0.39 is 0 Å². The predicted octanol–water partition coefficient (Wildman–Crippen LogP) is 2.75. The van der Waals surface area contributed by atoms with Gasteiger partial charge in [-0.25, -0.2) is 0 Å². The summed E-state index contributed by atoms with van der Waals surface area (Å²) in [6.45, 7) is 3.50. The topological polar surface area (TPSA) is 74.4 Å². The maximum atomic E-state index is 12.7. The molecule has 0 bridgehead atoms. The number of likely N-dealkylation sites (tertiary alicyclic amines) is 1. The van der Waals surface area contributed by atoms with E-state index in [0.29, 0.717) is 37.6 Å². The standard InChI is InChI=1S/C20H26ClN3O3/c1-13-16(4-6-19(25)24(13)9-10-27-2)20(26)22-8-7-14-12-23-18-5-3-15(21)11-17(14)18/h3,5,11-13,16,23H,4,6-10H2,1-2H3,(H,22,26). The lowest BCUT2D eigenvalue weighted by molar-refractivity contribution is -0.143. The molecular weight excluding hydrogens is 366 g/mol. The van der Waals surface area contributed by atoms with Gasteiger partial charge in [-0.2, -0.15) is 0 Å². The zero-order valence-electron chi connectivity index (χ0n) is 15.8. The van der Waals surface area contributed by atoms with E-state index in [2.05, 4.69) is 10.3 Å². The Kier molecular flexibility index (Phi) is 6.39. The fourth-order valence-corrected chi connectivity index (χ4v) is 3.96. The first-order chi connectivity index (χ1) is 13.0. The molecule has 3 rings (SSSR count). The molecule has 2 unspecified atom stereocenters. The Labute approximate surface area is 164 Å². The molecule has 0 saturated carbocycles. The molecule has 1 aromatic carbocycles. The largest absolute Gasteiger partial charge is 0.383 e. The van der Waals surface area contributed by atoms with Crippen LogP contribution in [0.2, 0.25) is 5.02 Å². The minimum Gasteiger partial charge on any atom is -0.383 e. The van der Waals surface area contributed by atoms with Crippen LogP contribution in [0.5, 0.6) is 0 Å². The second-order valence-electron chi connectivity index (χ2n) is 7.01. The minimum absolute atomic E-state index is 0.00953. The zero-order chi connectivity index (χ0) is 19.4. The lowest BCUT2D eigenvalue weighted by Crippen LogP contribution is -2.52. The summed E-state index contributed by atoms with van der Waals surface area (Å²) in [5.74, 6) is -0.0773. The molecule has 1 saturated heterocycles. The molecule has 0 spiro atoms. The number of amides is 2. The summed E-state index contributed by atoms with van der Waals surface area (Å²) in [6, 6.07) is 5.63. The lowest BCUT2D eigenvalue weighted by Gasteiger charge is -2.38. The number of carbonyl (C=O) groups is 2. The summed E-state index contributed by atoms with van der Waals surface area (Å²) >= 11 is 6.09. The van der Waals surface area contributed by atoms with Gasteiger partial charge in [-0.3, -0.25) is 9.59 Å². The molecule has 2 atom stereocenters. The van der Waals surface area contributed by atoms with E-state index in [9.17, 15) is 9.59 Å². The molecule has 1 aromatic heterocycles. The third-order valence-corrected chi connectivity index (χ3v) is 5.59. The number of hydrogen-bond donors (Lipinski definition) is 2. The van der Waals surface area contributed by atoms with Gasteiger partial charge in [0.25, 0.3) is 0 Å². The van der Waals surface area contributed by atoms with E-state index in [4.69, 9.17) is 16.3 Å². The summed E-state index contributed by atoms with van der Waals surface area (Å²) < 4.78 is 5.08. The summed E-state index contributed by atoms with van der Waals surface area (Å²) in [5, 5.41) is 4.82. The van der Waals surface area contributed by atoms with Crippen LogP contribution >= 0.6 is 11.6 Å². The second kappa shape index (κ2) is 8.76. The number of carbonyl (C=O) groups excluding carboxylic acids is 2. The van der Waals surface area contributed by atoms with Crippen molar-refractivity contribution in [1.82, 2.24) is 15.2 Å². The molecule has 6 nitrogen and oxygen atoms in total. The second-order valence-corrected chi connectivity index (χ2v) is 7.45. The van der Waals surface area contributed by atoms with Crippen molar-refractivity contribution in [2.75, 3.05) is 26.8 Å². The molecule has 146 valence electrons. The van der Waals surface area contributed by atoms with Crippen LogP contribution in [0.25, 0.3) is 10.9 Å². The molecule has 27 heavy (non-hydrogen) atoms. The quantitative estimate of drug-likeness (QED) is 0.762. The Morgan fingerprint density at radius 2 is 2.26 bits per heavy atom. The van der Waals surface area contributed by atoms with Crippen molar-refractivity contribution >= 4 is 34.3 Å². The van der Waals surface area contributed by atoms with Crippen molar-refractivity contribution in [2.45, 2.75) is 32.2 Å². The fraction of sp³-hybridized carbons (Fsp3) is 0.500. The number of rotatable bonds is 7. The van der Waals surface area contributed by atoms with E-state index >= 15 is 0 Å². The number of ether oxygens (including phenoxy) is 1. The third kappa shape index (κ3) is 4.45. The van der Waals surface area contributed by atoms with E-state index in [0.717, 1.165) is 22.9 Å². The monoisotopic (exact) mass is 391 g/mol. The van der Waals surface area contributed by atoms with Gasteiger partial charge in [-0.15, -0.1) is 0 Å². The lowest BCUT2D eigenvalue weighted by atomic mass is 9.89. The molecule has 0 aliphatic carbocycles.